The SMILES string of the molecule is CCN(CC)c1ccc(/C(C#N)=C2/C(=O)N(c3ccccc3)NC2=Nc2ccccc2)cc1. The van der Waals surface area contributed by atoms with Gasteiger partial charge in [-0.2, -0.15) is 5.26 Å². The molecule has 1 amide bonds. The van der Waals surface area contributed by atoms with Crippen LogP contribution in [-0.4, -0.2) is 24.8 Å². The Balaban J connectivity index is 1.83. The summed E-state index contributed by atoms with van der Waals surface area (Å²) in [5.74, 6) is 0.0275. The number of hydrazine groups is 1. The molecule has 0 aromatic heterocycles. The van der Waals surface area contributed by atoms with Crippen LogP contribution in [0, 0.1) is 11.3 Å². The number of amidine groups is 1. The summed E-state index contributed by atoms with van der Waals surface area (Å²) in [5.41, 5.74) is 6.75. The number of carbonyl (C=O) groups excluding carboxylic acids is 1. The Labute approximate surface area is 194 Å². The van der Waals surface area contributed by atoms with Crippen LogP contribution in [0.25, 0.3) is 5.57 Å². The summed E-state index contributed by atoms with van der Waals surface area (Å²) in [6, 6.07) is 28.6. The zero-order valence-electron chi connectivity index (χ0n) is 18.7. The lowest BCUT2D eigenvalue weighted by Crippen LogP contribution is -2.35. The Kier molecular flexibility index (Phi) is 6.51. The number of carbonyl (C=O) groups is 1. The van der Waals surface area contributed by atoms with Crippen LogP contribution in [0.15, 0.2) is 95.5 Å². The third-order valence-electron chi connectivity index (χ3n) is 5.53. The van der Waals surface area contributed by atoms with Crippen molar-refractivity contribution in [3.8, 4) is 6.07 Å². The van der Waals surface area contributed by atoms with Gasteiger partial charge in [-0.1, -0.05) is 48.5 Å². The molecular weight excluding hydrogens is 410 g/mol. The predicted octanol–water partition coefficient (Wildman–Crippen LogP) is 5.09. The van der Waals surface area contributed by atoms with Crippen LogP contribution in [0.2, 0.25) is 0 Å². The minimum absolute atomic E-state index is 0.251. The van der Waals surface area contributed by atoms with Gasteiger partial charge >= 0.3 is 0 Å². The molecule has 6 heteroatoms. The number of nitrogens with zero attached hydrogens (tertiary/aromatic N) is 4. The lowest BCUT2D eigenvalue weighted by molar-refractivity contribution is -0.114. The van der Waals surface area contributed by atoms with E-state index in [0.717, 1.165) is 18.8 Å². The van der Waals surface area contributed by atoms with E-state index >= 15 is 0 Å². The molecule has 0 atom stereocenters. The van der Waals surface area contributed by atoms with E-state index in [-0.39, 0.29) is 17.1 Å². The minimum Gasteiger partial charge on any atom is -0.372 e. The van der Waals surface area contributed by atoms with Crippen LogP contribution >= 0.6 is 0 Å². The summed E-state index contributed by atoms with van der Waals surface area (Å²) in [4.78, 5) is 20.4. The average molecular weight is 436 g/mol. The number of rotatable bonds is 6. The van der Waals surface area contributed by atoms with Gasteiger partial charge in [-0.15, -0.1) is 0 Å². The number of benzene rings is 3. The van der Waals surface area contributed by atoms with Crippen molar-refractivity contribution in [2.24, 2.45) is 4.99 Å². The number of nitriles is 1. The van der Waals surface area contributed by atoms with Gasteiger partial charge in [0.1, 0.15) is 11.6 Å². The van der Waals surface area contributed by atoms with E-state index < -0.39 is 0 Å². The van der Waals surface area contributed by atoms with E-state index in [1.165, 1.54) is 5.01 Å². The molecule has 33 heavy (non-hydrogen) atoms. The summed E-state index contributed by atoms with van der Waals surface area (Å²) in [6.45, 7) is 6.00. The Hall–Kier alpha value is -4.37. The molecule has 6 nitrogen and oxygen atoms in total. The van der Waals surface area contributed by atoms with Gasteiger partial charge in [0, 0.05) is 18.8 Å². The largest absolute Gasteiger partial charge is 0.372 e. The molecule has 0 bridgehead atoms. The second-order valence-electron chi connectivity index (χ2n) is 7.46. The Morgan fingerprint density at radius 2 is 1.55 bits per heavy atom. The van der Waals surface area contributed by atoms with Crippen LogP contribution in [-0.2, 0) is 4.79 Å². The first-order valence-electron chi connectivity index (χ1n) is 11.0. The van der Waals surface area contributed by atoms with Crippen molar-refractivity contribution in [3.63, 3.8) is 0 Å². The molecular formula is C27H25N5O. The highest BCUT2D eigenvalue weighted by Gasteiger charge is 2.36. The molecule has 1 N–H and O–H groups in total. The highest BCUT2D eigenvalue weighted by Crippen LogP contribution is 2.29. The summed E-state index contributed by atoms with van der Waals surface area (Å²) in [5, 5.41) is 11.5. The lowest BCUT2D eigenvalue weighted by Gasteiger charge is -2.21. The fourth-order valence-electron chi connectivity index (χ4n) is 3.81. The molecule has 164 valence electrons. The van der Waals surface area contributed by atoms with Gasteiger partial charge < -0.3 is 4.90 Å². The lowest BCUT2D eigenvalue weighted by atomic mass is 9.99. The molecule has 0 spiro atoms. The number of para-hydroxylation sites is 2. The molecule has 1 aliphatic rings. The van der Waals surface area contributed by atoms with E-state index in [9.17, 15) is 10.1 Å². The molecule has 0 unspecified atom stereocenters. The third-order valence-corrected chi connectivity index (χ3v) is 5.53. The van der Waals surface area contributed by atoms with Gasteiger partial charge in [0.25, 0.3) is 5.91 Å². The van der Waals surface area contributed by atoms with Crippen molar-refractivity contribution < 1.29 is 4.79 Å². The average Bonchev–Trinajstić information content (AvgIpc) is 3.18. The van der Waals surface area contributed by atoms with Crippen LogP contribution in [0.5, 0.6) is 0 Å². The van der Waals surface area contributed by atoms with Crippen molar-refractivity contribution in [2.75, 3.05) is 23.0 Å². The molecule has 3 aromatic carbocycles. The number of allylic oxidation sites excluding steroid dienone is 1. The van der Waals surface area contributed by atoms with Crippen molar-refractivity contribution in [3.05, 3.63) is 96.1 Å². The maximum absolute atomic E-state index is 13.5. The zero-order chi connectivity index (χ0) is 23.2. The second-order valence-corrected chi connectivity index (χ2v) is 7.46. The van der Waals surface area contributed by atoms with Gasteiger partial charge in [-0.25, -0.2) is 10.0 Å². The fraction of sp³-hybridized carbons (Fsp3) is 0.148. The summed E-state index contributed by atoms with van der Waals surface area (Å²) in [7, 11) is 0. The van der Waals surface area contributed by atoms with Gasteiger partial charge in [0.05, 0.1) is 16.9 Å². The standard InChI is InChI=1S/C27H25N5O/c1-3-31(4-2)22-17-15-20(16-18-22)24(19-28)25-26(29-21-11-7-5-8-12-21)30-32(27(25)33)23-13-9-6-10-14-23/h5-18H,3-4H2,1-2H3,(H,29,30)/b25-24+. The Morgan fingerprint density at radius 1 is 0.939 bits per heavy atom. The van der Waals surface area contributed by atoms with Crippen molar-refractivity contribution >= 4 is 34.4 Å². The third kappa shape index (κ3) is 4.48. The monoisotopic (exact) mass is 435 g/mol. The maximum atomic E-state index is 13.5. The summed E-state index contributed by atoms with van der Waals surface area (Å²) < 4.78 is 0. The Morgan fingerprint density at radius 3 is 2.12 bits per heavy atom. The highest BCUT2D eigenvalue weighted by atomic mass is 16.2. The highest BCUT2D eigenvalue weighted by molar-refractivity contribution is 6.36. The number of amides is 1. The van der Waals surface area contributed by atoms with E-state index in [1.54, 1.807) is 0 Å². The molecule has 1 heterocycles. The number of nitrogens with one attached hydrogen (secondary N) is 1. The first-order chi connectivity index (χ1) is 16.2. The van der Waals surface area contributed by atoms with Crippen LogP contribution in [0.3, 0.4) is 0 Å². The molecule has 0 radical (unpaired) electrons. The molecule has 1 fully saturated rings. The van der Waals surface area contributed by atoms with Gasteiger partial charge in [-0.05, 0) is 55.8 Å². The van der Waals surface area contributed by atoms with E-state index in [2.05, 4.69) is 35.2 Å². The van der Waals surface area contributed by atoms with Crippen molar-refractivity contribution in [1.82, 2.24) is 5.43 Å². The first-order valence-corrected chi connectivity index (χ1v) is 11.0. The summed E-state index contributed by atoms with van der Waals surface area (Å²) >= 11 is 0. The fourth-order valence-corrected chi connectivity index (χ4v) is 3.81. The zero-order valence-corrected chi connectivity index (χ0v) is 18.7. The molecule has 1 aliphatic heterocycles. The summed E-state index contributed by atoms with van der Waals surface area (Å²) in [6.07, 6.45) is 0. The normalized spacial score (nSPS) is 15.8. The van der Waals surface area contributed by atoms with Crippen LogP contribution in [0.4, 0.5) is 17.1 Å². The van der Waals surface area contributed by atoms with Gasteiger partial charge in [-0.3, -0.25) is 10.2 Å². The first kappa shape index (κ1) is 21.8. The molecule has 0 saturated carbocycles. The number of hydrogen-bond donors (Lipinski definition) is 1. The van der Waals surface area contributed by atoms with Gasteiger partial charge in [0.15, 0.2) is 5.84 Å². The number of hydrogen-bond acceptors (Lipinski definition) is 4. The van der Waals surface area contributed by atoms with Crippen molar-refractivity contribution in [1.29, 1.82) is 5.26 Å². The topological polar surface area (TPSA) is 71.7 Å². The van der Waals surface area contributed by atoms with E-state index in [1.807, 2.05) is 84.9 Å². The molecule has 0 aliphatic carbocycles. The molecule has 3 aromatic rings. The second kappa shape index (κ2) is 9.84. The van der Waals surface area contributed by atoms with Gasteiger partial charge in [0.2, 0.25) is 0 Å². The molecule has 4 rings (SSSR count). The van der Waals surface area contributed by atoms with Crippen LogP contribution < -0.4 is 15.3 Å². The Bertz CT molecular complexity index is 1220. The number of aliphatic imine (C=N–C) groups is 1. The number of anilines is 2. The quantitative estimate of drug-likeness (QED) is 0.432. The molecule has 1 saturated heterocycles. The van der Waals surface area contributed by atoms with Crippen molar-refractivity contribution in [2.45, 2.75) is 13.8 Å². The van der Waals surface area contributed by atoms with E-state index in [0.29, 0.717) is 22.8 Å². The maximum Gasteiger partial charge on any atom is 0.282 e. The van der Waals surface area contributed by atoms with E-state index in [4.69, 9.17) is 0 Å². The minimum atomic E-state index is -0.319. The smallest absolute Gasteiger partial charge is 0.282 e. The predicted molar refractivity (Wildman–Crippen MR) is 133 cm³/mol. The van der Waals surface area contributed by atoms with Crippen LogP contribution in [0.1, 0.15) is 19.4 Å².